The second kappa shape index (κ2) is 5.97. The largest absolute Gasteiger partial charge is 0.366 e. The molecule has 2 bridgehead atoms. The quantitative estimate of drug-likeness (QED) is 0.794. The maximum atomic E-state index is 13.2. The Bertz CT molecular complexity index is 861. The topological polar surface area (TPSA) is 52.6 Å². The van der Waals surface area contributed by atoms with Gasteiger partial charge in [0.15, 0.2) is 5.82 Å². The molecule has 2 aromatic rings. The van der Waals surface area contributed by atoms with Crippen LogP contribution in [-0.2, 0) is 0 Å². The van der Waals surface area contributed by atoms with Crippen molar-refractivity contribution in [3.05, 3.63) is 36.2 Å². The Morgan fingerprint density at radius 2 is 2.00 bits per heavy atom. The molecule has 0 aromatic carbocycles. The van der Waals surface area contributed by atoms with Crippen molar-refractivity contribution in [3.63, 3.8) is 0 Å². The van der Waals surface area contributed by atoms with Gasteiger partial charge in [-0.25, -0.2) is 9.78 Å². The molecule has 6 heteroatoms. The van der Waals surface area contributed by atoms with Crippen LogP contribution in [0.3, 0.4) is 0 Å². The van der Waals surface area contributed by atoms with Crippen LogP contribution < -0.4 is 9.80 Å². The first-order chi connectivity index (χ1) is 12.7. The minimum absolute atomic E-state index is 0.130. The van der Waals surface area contributed by atoms with Gasteiger partial charge in [-0.2, -0.15) is 0 Å². The zero-order chi connectivity index (χ0) is 17.7. The number of rotatable bonds is 1. The highest BCUT2D eigenvalue weighted by atomic mass is 16.2. The lowest BCUT2D eigenvalue weighted by atomic mass is 10.1. The monoisotopic (exact) mass is 349 g/mol. The Morgan fingerprint density at radius 3 is 2.81 bits per heavy atom. The van der Waals surface area contributed by atoms with E-state index in [-0.39, 0.29) is 12.1 Å². The fraction of sp³-hybridized carbons (Fsp3) is 0.450. The molecule has 6 nitrogen and oxygen atoms in total. The predicted octanol–water partition coefficient (Wildman–Crippen LogP) is 3.07. The summed E-state index contributed by atoms with van der Waals surface area (Å²) in [5.41, 5.74) is 3.99. The summed E-state index contributed by atoms with van der Waals surface area (Å²) in [6, 6.07) is 8.57. The summed E-state index contributed by atoms with van der Waals surface area (Å²) in [6.07, 6.45) is 5.03. The van der Waals surface area contributed by atoms with Crippen molar-refractivity contribution in [1.82, 2.24) is 14.9 Å². The van der Waals surface area contributed by atoms with Crippen molar-refractivity contribution in [3.8, 4) is 11.3 Å². The highest BCUT2D eigenvalue weighted by molar-refractivity contribution is 5.97. The van der Waals surface area contributed by atoms with Gasteiger partial charge in [-0.1, -0.05) is 0 Å². The van der Waals surface area contributed by atoms with Crippen LogP contribution in [-0.4, -0.2) is 53.1 Å². The van der Waals surface area contributed by atoms with Crippen LogP contribution in [0.25, 0.3) is 11.3 Å². The van der Waals surface area contributed by atoms with Gasteiger partial charge in [-0.15, -0.1) is 0 Å². The summed E-state index contributed by atoms with van der Waals surface area (Å²) < 4.78 is 0. The maximum absolute atomic E-state index is 13.2. The van der Waals surface area contributed by atoms with Gasteiger partial charge >= 0.3 is 6.03 Å². The van der Waals surface area contributed by atoms with Crippen molar-refractivity contribution in [2.75, 3.05) is 36.0 Å². The van der Waals surface area contributed by atoms with Crippen molar-refractivity contribution in [2.24, 2.45) is 0 Å². The summed E-state index contributed by atoms with van der Waals surface area (Å²) in [5.74, 6) is 0.822. The number of urea groups is 1. The lowest BCUT2D eigenvalue weighted by Gasteiger charge is -2.37. The Labute approximate surface area is 153 Å². The standard InChI is InChI=1S/C20H23N5O/c1-14-12-15(6-8-21-14)17-4-5-18-19(22-17)25(16-7-11-24(18)13-16)20(26)23-9-2-3-10-23/h4-6,8,12,16H,2-3,7,9-11,13H2,1H3/t16-/m0/s1. The highest BCUT2D eigenvalue weighted by Crippen LogP contribution is 2.40. The first-order valence-corrected chi connectivity index (χ1v) is 9.48. The summed E-state index contributed by atoms with van der Waals surface area (Å²) in [5, 5.41) is 0. The number of fused-ring (bicyclic) bond motifs is 4. The SMILES string of the molecule is Cc1cc(-c2ccc3c(n2)N(C(=O)N2CCCC2)[C@H]2CCN3C2)ccn1. The van der Waals surface area contributed by atoms with Gasteiger partial charge in [-0.3, -0.25) is 9.88 Å². The summed E-state index contributed by atoms with van der Waals surface area (Å²) in [4.78, 5) is 28.8. The lowest BCUT2D eigenvalue weighted by Crippen LogP contribution is -2.51. The fourth-order valence-corrected chi connectivity index (χ4v) is 4.38. The molecule has 134 valence electrons. The molecule has 0 saturated carbocycles. The molecular formula is C20H23N5O. The Hall–Kier alpha value is -2.63. The molecule has 3 aliphatic rings. The van der Waals surface area contributed by atoms with Crippen LogP contribution in [0.4, 0.5) is 16.3 Å². The van der Waals surface area contributed by atoms with E-state index in [4.69, 9.17) is 4.98 Å². The molecular weight excluding hydrogens is 326 g/mol. The Morgan fingerprint density at radius 1 is 1.15 bits per heavy atom. The maximum Gasteiger partial charge on any atom is 0.326 e. The molecule has 0 N–H and O–H groups in total. The van der Waals surface area contributed by atoms with E-state index in [2.05, 4.69) is 22.0 Å². The number of aromatic nitrogens is 2. The van der Waals surface area contributed by atoms with Crippen molar-refractivity contribution >= 4 is 17.5 Å². The van der Waals surface area contributed by atoms with E-state index in [1.54, 1.807) is 0 Å². The zero-order valence-electron chi connectivity index (χ0n) is 15.1. The third-order valence-corrected chi connectivity index (χ3v) is 5.73. The highest BCUT2D eigenvalue weighted by Gasteiger charge is 2.42. The number of pyridine rings is 2. The molecule has 5 rings (SSSR count). The average Bonchev–Trinajstić information content (AvgIpc) is 3.32. The van der Waals surface area contributed by atoms with E-state index in [1.165, 1.54) is 0 Å². The van der Waals surface area contributed by atoms with Crippen molar-refractivity contribution in [2.45, 2.75) is 32.2 Å². The molecule has 0 spiro atoms. The molecule has 3 aliphatic heterocycles. The number of anilines is 2. The van der Waals surface area contributed by atoms with E-state index in [0.29, 0.717) is 0 Å². The molecule has 5 heterocycles. The van der Waals surface area contributed by atoms with E-state index < -0.39 is 0 Å². The van der Waals surface area contributed by atoms with Crippen LogP contribution in [0, 0.1) is 6.92 Å². The molecule has 0 aliphatic carbocycles. The van der Waals surface area contributed by atoms with Gasteiger partial charge in [-0.05, 0) is 50.5 Å². The molecule has 2 fully saturated rings. The van der Waals surface area contributed by atoms with Crippen LogP contribution in [0.15, 0.2) is 30.5 Å². The first-order valence-electron chi connectivity index (χ1n) is 9.48. The van der Waals surface area contributed by atoms with Crippen LogP contribution >= 0.6 is 0 Å². The van der Waals surface area contributed by atoms with Crippen LogP contribution in [0.1, 0.15) is 25.0 Å². The minimum atomic E-state index is 0.130. The summed E-state index contributed by atoms with van der Waals surface area (Å²) >= 11 is 0. The third-order valence-electron chi connectivity index (χ3n) is 5.73. The molecule has 2 saturated heterocycles. The number of amides is 2. The molecule has 26 heavy (non-hydrogen) atoms. The number of aryl methyl sites for hydroxylation is 1. The minimum Gasteiger partial charge on any atom is -0.366 e. The van der Waals surface area contributed by atoms with Gasteiger partial charge in [0, 0.05) is 43.6 Å². The first kappa shape index (κ1) is 15.6. The van der Waals surface area contributed by atoms with Gasteiger partial charge in [0.2, 0.25) is 0 Å². The number of nitrogens with zero attached hydrogens (tertiary/aromatic N) is 5. The second-order valence-corrected chi connectivity index (χ2v) is 7.46. The van der Waals surface area contributed by atoms with Gasteiger partial charge < -0.3 is 9.80 Å². The molecule has 0 unspecified atom stereocenters. The number of likely N-dealkylation sites (tertiary alicyclic amines) is 1. The average molecular weight is 349 g/mol. The summed E-state index contributed by atoms with van der Waals surface area (Å²) in [7, 11) is 0. The lowest BCUT2D eigenvalue weighted by molar-refractivity contribution is 0.213. The Kier molecular flexibility index (Phi) is 3.58. The van der Waals surface area contributed by atoms with E-state index in [0.717, 1.165) is 73.9 Å². The van der Waals surface area contributed by atoms with E-state index in [9.17, 15) is 4.79 Å². The number of carbonyl (C=O) groups excluding carboxylic acids is 1. The van der Waals surface area contributed by atoms with Gasteiger partial charge in [0.1, 0.15) is 0 Å². The molecule has 2 aromatic heterocycles. The third kappa shape index (κ3) is 2.43. The summed E-state index contributed by atoms with van der Waals surface area (Å²) in [6.45, 7) is 5.63. The molecule has 1 atom stereocenters. The zero-order valence-corrected chi connectivity index (χ0v) is 15.1. The predicted molar refractivity (Wildman–Crippen MR) is 102 cm³/mol. The van der Waals surface area contributed by atoms with Crippen LogP contribution in [0.2, 0.25) is 0 Å². The van der Waals surface area contributed by atoms with Gasteiger partial charge in [0.05, 0.1) is 17.4 Å². The number of carbonyl (C=O) groups is 1. The van der Waals surface area contributed by atoms with Gasteiger partial charge in [0.25, 0.3) is 0 Å². The van der Waals surface area contributed by atoms with E-state index >= 15 is 0 Å². The van der Waals surface area contributed by atoms with Crippen LogP contribution in [0.5, 0.6) is 0 Å². The van der Waals surface area contributed by atoms with Crippen molar-refractivity contribution < 1.29 is 4.79 Å². The normalized spacial score (nSPS) is 21.3. The Balaban J connectivity index is 1.58. The number of hydrogen-bond donors (Lipinski definition) is 0. The number of hydrogen-bond acceptors (Lipinski definition) is 4. The van der Waals surface area contributed by atoms with E-state index in [1.807, 2.05) is 35.1 Å². The molecule has 0 radical (unpaired) electrons. The second-order valence-electron chi connectivity index (χ2n) is 7.46. The molecule has 2 amide bonds. The van der Waals surface area contributed by atoms with Crippen molar-refractivity contribution in [1.29, 1.82) is 0 Å². The fourth-order valence-electron chi connectivity index (χ4n) is 4.38. The smallest absolute Gasteiger partial charge is 0.326 e.